The molecule has 0 aromatic heterocycles. The van der Waals surface area contributed by atoms with E-state index in [9.17, 15) is 18.0 Å². The minimum absolute atomic E-state index is 0.0106. The second-order valence-electron chi connectivity index (χ2n) is 6.35. The number of carbonyl (C=O) groups excluding carboxylic acids is 1. The topological polar surface area (TPSA) is 151 Å². The van der Waals surface area contributed by atoms with Crippen LogP contribution in [-0.2, 0) is 14.4 Å². The Kier molecular flexibility index (Phi) is 14.1. The maximum absolute atomic E-state index is 13.2. The van der Waals surface area contributed by atoms with Crippen molar-refractivity contribution in [1.82, 2.24) is 5.32 Å². The van der Waals surface area contributed by atoms with Crippen LogP contribution in [-0.4, -0.2) is 55.1 Å². The highest BCUT2D eigenvalue weighted by Gasteiger charge is 2.49. The van der Waals surface area contributed by atoms with Gasteiger partial charge in [0, 0.05) is 17.7 Å². The highest BCUT2D eigenvalue weighted by Crippen LogP contribution is 2.40. The molecule has 3 rings (SSSR count). The van der Waals surface area contributed by atoms with Crippen molar-refractivity contribution in [2.24, 2.45) is 5.90 Å². The van der Waals surface area contributed by atoms with E-state index in [0.29, 0.717) is 10.6 Å². The van der Waals surface area contributed by atoms with E-state index in [4.69, 9.17) is 32.5 Å². The first kappa shape index (κ1) is 30.1. The lowest BCUT2D eigenvalue weighted by Gasteiger charge is -2.29. The standard InChI is InChI=1S/C14H13ClF3NO4.C4H9N.CH4O.H4NO/c1-6-3-9(15)4-8-5-10(13(20)21-7(2)23-19)12(14(16,17)18)22-11(6)8;1-2-4-5-3-1;2*1-2/h3-5,7,12H,19H2,1-2H3;5H,1-4H2;2*2H,1H3/q;;;+1. The molecule has 1 aromatic rings. The normalized spacial score (nSPS) is 17.5. The summed E-state index contributed by atoms with van der Waals surface area (Å²) in [6.07, 6.45) is -4.64. The van der Waals surface area contributed by atoms with Crippen LogP contribution >= 0.6 is 11.6 Å². The molecule has 1 fully saturated rings. The number of carbonyl (C=O) groups is 1. The van der Waals surface area contributed by atoms with Gasteiger partial charge in [-0.3, -0.25) is 4.84 Å². The zero-order valence-electron chi connectivity index (χ0n) is 18.0. The van der Waals surface area contributed by atoms with Gasteiger partial charge in [-0.05, 0) is 63.6 Å². The fourth-order valence-corrected chi connectivity index (χ4v) is 3.01. The van der Waals surface area contributed by atoms with Crippen molar-refractivity contribution < 1.29 is 48.5 Å². The quantitative estimate of drug-likeness (QED) is 0.245. The molecule has 2 atom stereocenters. The number of ether oxygens (including phenoxy) is 2. The van der Waals surface area contributed by atoms with Gasteiger partial charge < -0.3 is 19.9 Å². The summed E-state index contributed by atoms with van der Waals surface area (Å²) in [5, 5.41) is 17.3. The van der Waals surface area contributed by atoms with E-state index < -0.39 is 30.1 Å². The fourth-order valence-electron chi connectivity index (χ4n) is 2.73. The number of hydrogen-bond acceptors (Lipinski definition) is 8. The molecular weight excluding hydrogens is 459 g/mol. The van der Waals surface area contributed by atoms with Gasteiger partial charge in [-0.2, -0.15) is 13.2 Å². The molecule has 0 bridgehead atoms. The van der Waals surface area contributed by atoms with Crippen molar-refractivity contribution in [3.05, 3.63) is 33.9 Å². The molecule has 2 aliphatic rings. The third kappa shape index (κ3) is 9.28. The van der Waals surface area contributed by atoms with Crippen molar-refractivity contribution >= 4 is 23.6 Å². The molecule has 9 nitrogen and oxygen atoms in total. The number of rotatable bonds is 3. The molecular formula is C19H30ClF3N3O6+. The first-order valence-electron chi connectivity index (χ1n) is 9.42. The lowest BCUT2D eigenvalue weighted by atomic mass is 9.99. The SMILES string of the molecule is C1CCNC1.CO.Cc1cc(Cl)cc2c1OC(C(F)(F)F)C(C(=O)OC(C)ON)=C2.[NH3+]O. The van der Waals surface area contributed by atoms with Crippen molar-refractivity contribution in [3.8, 4) is 5.75 Å². The van der Waals surface area contributed by atoms with Crippen LogP contribution in [0.1, 0.15) is 30.9 Å². The molecule has 0 aliphatic carbocycles. The summed E-state index contributed by atoms with van der Waals surface area (Å²) >= 11 is 5.88. The largest absolute Gasteiger partial charge is 0.475 e. The summed E-state index contributed by atoms with van der Waals surface area (Å²) in [5.74, 6) is 5.84. The minimum atomic E-state index is -4.80. The van der Waals surface area contributed by atoms with Gasteiger partial charge in [0.2, 0.25) is 12.4 Å². The van der Waals surface area contributed by atoms with E-state index in [1.54, 1.807) is 6.92 Å². The lowest BCUT2D eigenvalue weighted by Crippen LogP contribution is -2.42. The number of nitrogens with one attached hydrogen (secondary N) is 1. The van der Waals surface area contributed by atoms with E-state index >= 15 is 0 Å². The van der Waals surface area contributed by atoms with Gasteiger partial charge in [0.05, 0.1) is 5.57 Å². The number of hydrogen-bond donors (Lipinski definition) is 5. The molecule has 2 unspecified atom stereocenters. The predicted octanol–water partition coefficient (Wildman–Crippen LogP) is 1.73. The zero-order chi connectivity index (χ0) is 24.9. The summed E-state index contributed by atoms with van der Waals surface area (Å²) in [6.45, 7) is 5.32. The summed E-state index contributed by atoms with van der Waals surface area (Å²) in [6, 6.07) is 2.86. The minimum Gasteiger partial charge on any atom is -0.475 e. The Morgan fingerprint density at radius 2 is 1.88 bits per heavy atom. The van der Waals surface area contributed by atoms with Gasteiger partial charge in [0.1, 0.15) is 5.75 Å². The Morgan fingerprint density at radius 3 is 2.31 bits per heavy atom. The second-order valence-corrected chi connectivity index (χ2v) is 6.78. The van der Waals surface area contributed by atoms with Gasteiger partial charge in [-0.25, -0.2) is 21.8 Å². The second kappa shape index (κ2) is 15.0. The average molecular weight is 489 g/mol. The Balaban J connectivity index is 0.000000905. The van der Waals surface area contributed by atoms with E-state index in [2.05, 4.69) is 20.8 Å². The van der Waals surface area contributed by atoms with E-state index in [-0.39, 0.29) is 11.3 Å². The van der Waals surface area contributed by atoms with Gasteiger partial charge in [0.25, 0.3) is 0 Å². The molecule has 13 heteroatoms. The summed E-state index contributed by atoms with van der Waals surface area (Å²) in [4.78, 5) is 16.2. The van der Waals surface area contributed by atoms with Crippen LogP contribution in [0.25, 0.3) is 6.08 Å². The molecule has 0 amide bonds. The van der Waals surface area contributed by atoms with Crippen molar-refractivity contribution in [3.63, 3.8) is 0 Å². The van der Waals surface area contributed by atoms with Gasteiger partial charge in [-0.15, -0.1) is 0 Å². The van der Waals surface area contributed by atoms with E-state index in [1.165, 1.54) is 45.0 Å². The summed E-state index contributed by atoms with van der Waals surface area (Å²) < 4.78 is 49.3. The van der Waals surface area contributed by atoms with E-state index in [0.717, 1.165) is 13.2 Å². The lowest BCUT2D eigenvalue weighted by molar-refractivity contribution is -0.670. The number of aliphatic hydroxyl groups is 1. The number of alkyl halides is 3. The number of aryl methyl sites for hydroxylation is 1. The number of nitrogens with two attached hydrogens (primary N) is 1. The van der Waals surface area contributed by atoms with Crippen molar-refractivity contribution in [1.29, 1.82) is 0 Å². The average Bonchev–Trinajstić information content (AvgIpc) is 3.35. The van der Waals surface area contributed by atoms with Gasteiger partial charge >= 0.3 is 12.1 Å². The zero-order valence-corrected chi connectivity index (χ0v) is 18.8. The number of aliphatic hydroxyl groups excluding tert-OH is 1. The molecule has 8 N–H and O–H groups in total. The highest BCUT2D eigenvalue weighted by molar-refractivity contribution is 6.30. The summed E-state index contributed by atoms with van der Waals surface area (Å²) in [5.41, 5.74) is -0.0385. The van der Waals surface area contributed by atoms with Gasteiger partial charge in [0.15, 0.2) is 0 Å². The van der Waals surface area contributed by atoms with Crippen LogP contribution in [0.4, 0.5) is 13.2 Å². The van der Waals surface area contributed by atoms with Crippen LogP contribution in [0.3, 0.4) is 0 Å². The Morgan fingerprint density at radius 1 is 1.31 bits per heavy atom. The fraction of sp³-hybridized carbons (Fsp3) is 0.526. The molecule has 184 valence electrons. The molecule has 2 aliphatic heterocycles. The molecule has 1 aromatic carbocycles. The molecule has 0 radical (unpaired) electrons. The molecule has 2 heterocycles. The predicted molar refractivity (Wildman–Crippen MR) is 110 cm³/mol. The number of halogens is 4. The van der Waals surface area contributed by atoms with Crippen LogP contribution in [0.2, 0.25) is 5.02 Å². The van der Waals surface area contributed by atoms with Crippen molar-refractivity contribution in [2.45, 2.75) is 45.3 Å². The monoisotopic (exact) mass is 488 g/mol. The maximum Gasteiger partial charge on any atom is 0.430 e. The van der Waals surface area contributed by atoms with Crippen LogP contribution in [0.15, 0.2) is 17.7 Å². The molecule has 0 spiro atoms. The molecule has 1 saturated heterocycles. The number of benzene rings is 1. The Bertz CT molecular complexity index is 738. The van der Waals surface area contributed by atoms with Crippen LogP contribution < -0.4 is 21.8 Å². The first-order chi connectivity index (χ1) is 15.1. The van der Waals surface area contributed by atoms with Crippen LogP contribution in [0.5, 0.6) is 5.75 Å². The third-order valence-corrected chi connectivity index (χ3v) is 4.27. The number of fused-ring (bicyclic) bond motifs is 1. The summed E-state index contributed by atoms with van der Waals surface area (Å²) in [7, 11) is 1.00. The van der Waals surface area contributed by atoms with Crippen molar-refractivity contribution in [2.75, 3.05) is 20.2 Å². The smallest absolute Gasteiger partial charge is 0.430 e. The van der Waals surface area contributed by atoms with Gasteiger partial charge in [-0.1, -0.05) is 11.6 Å². The number of esters is 1. The number of quaternary nitrogens is 1. The Hall–Kier alpha value is -1.93. The molecule has 32 heavy (non-hydrogen) atoms. The molecule has 0 saturated carbocycles. The highest BCUT2D eigenvalue weighted by atomic mass is 35.5. The van der Waals surface area contributed by atoms with Crippen LogP contribution in [0, 0.1) is 6.92 Å². The van der Waals surface area contributed by atoms with E-state index in [1.807, 2.05) is 0 Å². The Labute approximate surface area is 189 Å². The maximum atomic E-state index is 13.2. The first-order valence-corrected chi connectivity index (χ1v) is 9.80. The third-order valence-electron chi connectivity index (χ3n) is 4.05.